The highest BCUT2D eigenvalue weighted by atomic mass is 19.1. The van der Waals surface area contributed by atoms with Crippen LogP contribution in [0, 0.1) is 5.82 Å². The summed E-state index contributed by atoms with van der Waals surface area (Å²) < 4.78 is 19.7. The Balaban J connectivity index is 1.59. The SMILES string of the molecule is O=C(COc1ccc(F)cc1)Nc1cc(-n2ccnc2)ncn1. The molecule has 3 aromatic rings. The molecule has 0 aliphatic carbocycles. The van der Waals surface area contributed by atoms with Crippen LogP contribution < -0.4 is 10.1 Å². The summed E-state index contributed by atoms with van der Waals surface area (Å²) in [4.78, 5) is 23.8. The highest BCUT2D eigenvalue weighted by Gasteiger charge is 2.07. The summed E-state index contributed by atoms with van der Waals surface area (Å²) in [5.74, 6) is 0.575. The van der Waals surface area contributed by atoms with E-state index in [2.05, 4.69) is 20.3 Å². The lowest BCUT2D eigenvalue weighted by Gasteiger charge is -2.08. The van der Waals surface area contributed by atoms with Crippen LogP contribution in [0.1, 0.15) is 0 Å². The van der Waals surface area contributed by atoms with Gasteiger partial charge in [-0.05, 0) is 24.3 Å². The second-order valence-corrected chi connectivity index (χ2v) is 4.52. The Morgan fingerprint density at radius 1 is 1.26 bits per heavy atom. The van der Waals surface area contributed by atoms with Crippen molar-refractivity contribution in [2.75, 3.05) is 11.9 Å². The first-order chi connectivity index (χ1) is 11.2. The highest BCUT2D eigenvalue weighted by molar-refractivity contribution is 5.91. The fourth-order valence-corrected chi connectivity index (χ4v) is 1.81. The van der Waals surface area contributed by atoms with E-state index in [1.807, 2.05) is 0 Å². The van der Waals surface area contributed by atoms with Crippen LogP contribution >= 0.6 is 0 Å². The van der Waals surface area contributed by atoms with Gasteiger partial charge in [-0.2, -0.15) is 0 Å². The van der Waals surface area contributed by atoms with Crippen molar-refractivity contribution in [2.45, 2.75) is 0 Å². The number of nitrogens with one attached hydrogen (secondary N) is 1. The van der Waals surface area contributed by atoms with E-state index in [1.54, 1.807) is 29.4 Å². The van der Waals surface area contributed by atoms with Crippen molar-refractivity contribution in [1.29, 1.82) is 0 Å². The fraction of sp³-hybridized carbons (Fsp3) is 0.0667. The Morgan fingerprint density at radius 2 is 2.09 bits per heavy atom. The third-order valence-corrected chi connectivity index (χ3v) is 2.87. The molecule has 0 unspecified atom stereocenters. The van der Waals surface area contributed by atoms with Crippen molar-refractivity contribution in [3.8, 4) is 11.6 Å². The number of hydrogen-bond donors (Lipinski definition) is 1. The summed E-state index contributed by atoms with van der Waals surface area (Å²) >= 11 is 0. The molecule has 0 saturated heterocycles. The van der Waals surface area contributed by atoms with Crippen LogP contribution in [0.3, 0.4) is 0 Å². The molecule has 1 N–H and O–H groups in total. The van der Waals surface area contributed by atoms with Crippen LogP contribution in [-0.2, 0) is 4.79 Å². The lowest BCUT2D eigenvalue weighted by Crippen LogP contribution is -2.21. The molecular formula is C15H12FN5O2. The summed E-state index contributed by atoms with van der Waals surface area (Å²) in [6.07, 6.45) is 6.28. The van der Waals surface area contributed by atoms with Gasteiger partial charge in [-0.3, -0.25) is 9.36 Å². The molecule has 0 spiro atoms. The lowest BCUT2D eigenvalue weighted by molar-refractivity contribution is -0.118. The summed E-state index contributed by atoms with van der Waals surface area (Å²) in [6, 6.07) is 7.02. The van der Waals surface area contributed by atoms with Gasteiger partial charge in [0.05, 0.1) is 0 Å². The first-order valence-corrected chi connectivity index (χ1v) is 6.69. The minimum atomic E-state index is -0.385. The number of ether oxygens (including phenoxy) is 1. The number of amides is 1. The van der Waals surface area contributed by atoms with Gasteiger partial charge < -0.3 is 10.1 Å². The first-order valence-electron chi connectivity index (χ1n) is 6.69. The molecule has 0 aliphatic rings. The van der Waals surface area contributed by atoms with Gasteiger partial charge in [0, 0.05) is 18.5 Å². The predicted octanol–water partition coefficient (Wildman–Crippen LogP) is 1.82. The third kappa shape index (κ3) is 3.88. The summed E-state index contributed by atoms with van der Waals surface area (Å²) in [7, 11) is 0. The van der Waals surface area contributed by atoms with Gasteiger partial charge >= 0.3 is 0 Å². The van der Waals surface area contributed by atoms with Crippen molar-refractivity contribution in [3.63, 3.8) is 0 Å². The minimum absolute atomic E-state index is 0.212. The van der Waals surface area contributed by atoms with Gasteiger partial charge in [-0.15, -0.1) is 0 Å². The van der Waals surface area contributed by atoms with Crippen LogP contribution in [0.25, 0.3) is 5.82 Å². The van der Waals surface area contributed by atoms with E-state index in [4.69, 9.17) is 4.74 Å². The summed E-state index contributed by atoms with van der Waals surface area (Å²) in [6.45, 7) is -0.212. The number of benzene rings is 1. The molecule has 3 rings (SSSR count). The summed E-state index contributed by atoms with van der Waals surface area (Å²) in [5, 5.41) is 2.60. The molecule has 1 amide bonds. The molecule has 0 aliphatic heterocycles. The maximum atomic E-state index is 12.8. The molecule has 1 aromatic carbocycles. The van der Waals surface area contributed by atoms with Crippen LogP contribution in [0.4, 0.5) is 10.2 Å². The van der Waals surface area contributed by atoms with Gasteiger partial charge in [0.1, 0.15) is 35.9 Å². The van der Waals surface area contributed by atoms with Gasteiger partial charge in [0.2, 0.25) is 0 Å². The van der Waals surface area contributed by atoms with E-state index in [1.165, 1.54) is 30.6 Å². The van der Waals surface area contributed by atoms with Crippen LogP contribution in [-0.4, -0.2) is 32.0 Å². The number of hydrogen-bond acceptors (Lipinski definition) is 5. The molecule has 8 heteroatoms. The molecule has 23 heavy (non-hydrogen) atoms. The Kier molecular flexibility index (Phi) is 4.23. The van der Waals surface area contributed by atoms with Gasteiger partial charge in [-0.1, -0.05) is 0 Å². The molecule has 116 valence electrons. The van der Waals surface area contributed by atoms with Crippen molar-refractivity contribution < 1.29 is 13.9 Å². The molecule has 2 heterocycles. The van der Waals surface area contributed by atoms with E-state index in [-0.39, 0.29) is 18.3 Å². The Bertz CT molecular complexity index is 790. The molecule has 0 bridgehead atoms. The number of anilines is 1. The molecule has 0 atom stereocenters. The van der Waals surface area contributed by atoms with Crippen molar-refractivity contribution in [3.05, 3.63) is 61.2 Å². The molecule has 2 aromatic heterocycles. The second kappa shape index (κ2) is 6.65. The molecule has 7 nitrogen and oxygen atoms in total. The second-order valence-electron chi connectivity index (χ2n) is 4.52. The van der Waals surface area contributed by atoms with E-state index in [0.717, 1.165) is 0 Å². The lowest BCUT2D eigenvalue weighted by atomic mass is 10.3. The maximum absolute atomic E-state index is 12.8. The summed E-state index contributed by atoms with van der Waals surface area (Å²) in [5.41, 5.74) is 0. The Hall–Kier alpha value is -3.29. The predicted molar refractivity (Wildman–Crippen MR) is 79.7 cm³/mol. The maximum Gasteiger partial charge on any atom is 0.263 e. The van der Waals surface area contributed by atoms with E-state index >= 15 is 0 Å². The Morgan fingerprint density at radius 3 is 2.83 bits per heavy atom. The zero-order chi connectivity index (χ0) is 16.1. The number of carbonyl (C=O) groups is 1. The monoisotopic (exact) mass is 313 g/mol. The van der Waals surface area contributed by atoms with Crippen LogP contribution in [0.5, 0.6) is 5.75 Å². The number of halogens is 1. The van der Waals surface area contributed by atoms with E-state index < -0.39 is 0 Å². The van der Waals surface area contributed by atoms with E-state index in [0.29, 0.717) is 17.4 Å². The number of aromatic nitrogens is 4. The number of rotatable bonds is 5. The first kappa shape index (κ1) is 14.6. The smallest absolute Gasteiger partial charge is 0.263 e. The standard InChI is InChI=1S/C15H12FN5O2/c16-11-1-3-12(4-2-11)23-8-15(22)20-13-7-14(19-9-18-13)21-6-5-17-10-21/h1-7,9-10H,8H2,(H,18,19,20,22). The van der Waals surface area contributed by atoms with Crippen molar-refractivity contribution >= 4 is 11.7 Å². The third-order valence-electron chi connectivity index (χ3n) is 2.87. The highest BCUT2D eigenvalue weighted by Crippen LogP contribution is 2.11. The van der Waals surface area contributed by atoms with Gasteiger partial charge in [0.15, 0.2) is 6.61 Å². The van der Waals surface area contributed by atoms with E-state index in [9.17, 15) is 9.18 Å². The topological polar surface area (TPSA) is 81.9 Å². The molecule has 0 fully saturated rings. The van der Waals surface area contributed by atoms with Gasteiger partial charge in [0.25, 0.3) is 5.91 Å². The van der Waals surface area contributed by atoms with Crippen LogP contribution in [0.15, 0.2) is 55.4 Å². The zero-order valence-corrected chi connectivity index (χ0v) is 11.9. The van der Waals surface area contributed by atoms with Crippen molar-refractivity contribution in [2.24, 2.45) is 0 Å². The average molecular weight is 313 g/mol. The number of nitrogens with zero attached hydrogens (tertiary/aromatic N) is 4. The number of carbonyl (C=O) groups excluding carboxylic acids is 1. The fourth-order valence-electron chi connectivity index (χ4n) is 1.81. The Labute approximate surface area is 130 Å². The largest absolute Gasteiger partial charge is 0.484 e. The zero-order valence-electron chi connectivity index (χ0n) is 11.9. The van der Waals surface area contributed by atoms with Crippen LogP contribution in [0.2, 0.25) is 0 Å². The minimum Gasteiger partial charge on any atom is -0.484 e. The van der Waals surface area contributed by atoms with Gasteiger partial charge in [-0.25, -0.2) is 19.3 Å². The molecule has 0 saturated carbocycles. The van der Waals surface area contributed by atoms with Crippen molar-refractivity contribution in [1.82, 2.24) is 19.5 Å². The molecule has 0 radical (unpaired) electrons. The number of imidazole rings is 1. The molecular weight excluding hydrogens is 301 g/mol. The quantitative estimate of drug-likeness (QED) is 0.777. The normalized spacial score (nSPS) is 10.3. The average Bonchev–Trinajstić information content (AvgIpc) is 3.09.